The first kappa shape index (κ1) is 16.6. The van der Waals surface area contributed by atoms with Crippen LogP contribution in [0, 0.1) is 11.3 Å². The molecule has 1 atom stereocenters. The van der Waals surface area contributed by atoms with Crippen molar-refractivity contribution in [2.75, 3.05) is 0 Å². The molecule has 0 bridgehead atoms. The predicted molar refractivity (Wildman–Crippen MR) is 101 cm³/mol. The van der Waals surface area contributed by atoms with Crippen LogP contribution in [0.25, 0.3) is 11.1 Å². The highest BCUT2D eigenvalue weighted by molar-refractivity contribution is 5.75. The van der Waals surface area contributed by atoms with E-state index in [9.17, 15) is 10.4 Å². The zero-order valence-corrected chi connectivity index (χ0v) is 14.8. The van der Waals surface area contributed by atoms with Gasteiger partial charge in [0.05, 0.1) is 29.9 Å². The molecule has 1 unspecified atom stereocenters. The van der Waals surface area contributed by atoms with Crippen LogP contribution in [0.3, 0.4) is 0 Å². The van der Waals surface area contributed by atoms with Gasteiger partial charge in [-0.05, 0) is 60.1 Å². The van der Waals surface area contributed by atoms with Crippen LogP contribution in [0.5, 0.6) is 0 Å². The molecule has 0 radical (unpaired) electrons. The zero-order chi connectivity index (χ0) is 18.1. The van der Waals surface area contributed by atoms with E-state index in [0.717, 1.165) is 35.2 Å². The first-order valence-corrected chi connectivity index (χ1v) is 8.98. The third-order valence-corrected chi connectivity index (χ3v) is 5.30. The second-order valence-electron chi connectivity index (χ2n) is 6.90. The maximum absolute atomic E-state index is 10.8. The quantitative estimate of drug-likeness (QED) is 0.784. The van der Waals surface area contributed by atoms with E-state index in [4.69, 9.17) is 0 Å². The third-order valence-electron chi connectivity index (χ3n) is 5.30. The van der Waals surface area contributed by atoms with Crippen LogP contribution in [-0.4, -0.2) is 14.7 Å². The minimum absolute atomic E-state index is 0.643. The Bertz CT molecular complexity index is 997. The van der Waals surface area contributed by atoms with Crippen molar-refractivity contribution < 1.29 is 5.11 Å². The Hall–Kier alpha value is -2.90. The number of fused-ring (bicyclic) bond motifs is 1. The second kappa shape index (κ2) is 6.78. The number of rotatable bonds is 3. The van der Waals surface area contributed by atoms with Gasteiger partial charge in [0.15, 0.2) is 0 Å². The van der Waals surface area contributed by atoms with Crippen molar-refractivity contribution in [2.45, 2.75) is 31.8 Å². The topological polar surface area (TPSA) is 61.8 Å². The van der Waals surface area contributed by atoms with Gasteiger partial charge in [0.1, 0.15) is 6.10 Å². The number of aryl methyl sites for hydroxylation is 2. The van der Waals surface area contributed by atoms with Gasteiger partial charge >= 0.3 is 0 Å². The summed E-state index contributed by atoms with van der Waals surface area (Å²) >= 11 is 0. The molecule has 0 saturated carbocycles. The summed E-state index contributed by atoms with van der Waals surface area (Å²) in [5.41, 5.74) is 6.91. The largest absolute Gasteiger partial charge is 0.382 e. The lowest BCUT2D eigenvalue weighted by atomic mass is 9.84. The standard InChI is InChI=1S/C22H21N3O/c1-25-14-24-13-21(25)22(26)16-9-10-17(12-23)20(11-16)19-8-4-6-15-5-2-3-7-18(15)19/h4,6,8-11,13-14,22,26H,2-3,5,7H2,1H3. The van der Waals surface area contributed by atoms with E-state index >= 15 is 0 Å². The lowest BCUT2D eigenvalue weighted by Crippen LogP contribution is -2.07. The van der Waals surface area contributed by atoms with E-state index < -0.39 is 6.10 Å². The molecule has 1 N–H and O–H groups in total. The Balaban J connectivity index is 1.84. The Labute approximate surface area is 153 Å². The average Bonchev–Trinajstić information content (AvgIpc) is 3.12. The molecule has 3 aromatic rings. The van der Waals surface area contributed by atoms with Gasteiger partial charge in [-0.1, -0.05) is 24.3 Å². The van der Waals surface area contributed by atoms with Crippen molar-refractivity contribution in [1.82, 2.24) is 9.55 Å². The molecule has 0 aliphatic heterocycles. The van der Waals surface area contributed by atoms with Crippen LogP contribution in [0.15, 0.2) is 48.9 Å². The van der Waals surface area contributed by atoms with E-state index in [0.29, 0.717) is 5.56 Å². The normalized spacial score (nSPS) is 14.5. The number of hydrogen-bond donors (Lipinski definition) is 1. The number of nitrogens with zero attached hydrogens (tertiary/aromatic N) is 3. The molecule has 0 fully saturated rings. The molecule has 130 valence electrons. The Morgan fingerprint density at radius 2 is 2.00 bits per heavy atom. The number of aliphatic hydroxyl groups is 1. The van der Waals surface area contributed by atoms with Crippen molar-refractivity contribution in [3.05, 3.63) is 76.9 Å². The van der Waals surface area contributed by atoms with Gasteiger partial charge < -0.3 is 9.67 Å². The summed E-state index contributed by atoms with van der Waals surface area (Å²) in [5, 5.41) is 20.4. The molecule has 4 nitrogen and oxygen atoms in total. The molecule has 0 spiro atoms. The van der Waals surface area contributed by atoms with E-state index in [2.05, 4.69) is 29.3 Å². The van der Waals surface area contributed by atoms with Gasteiger partial charge in [-0.2, -0.15) is 5.26 Å². The van der Waals surface area contributed by atoms with Gasteiger partial charge in [-0.25, -0.2) is 4.98 Å². The van der Waals surface area contributed by atoms with Crippen LogP contribution >= 0.6 is 0 Å². The van der Waals surface area contributed by atoms with E-state index in [1.165, 1.54) is 24.0 Å². The van der Waals surface area contributed by atoms with Crippen LogP contribution in [0.2, 0.25) is 0 Å². The Morgan fingerprint density at radius 3 is 2.77 bits per heavy atom. The highest BCUT2D eigenvalue weighted by atomic mass is 16.3. The van der Waals surface area contributed by atoms with Crippen LogP contribution < -0.4 is 0 Å². The summed E-state index contributed by atoms with van der Waals surface area (Å²) in [6, 6.07) is 14.3. The van der Waals surface area contributed by atoms with Gasteiger partial charge in [0.25, 0.3) is 0 Å². The summed E-state index contributed by atoms with van der Waals surface area (Å²) < 4.78 is 1.81. The second-order valence-corrected chi connectivity index (χ2v) is 6.90. The first-order chi connectivity index (χ1) is 12.7. The molecule has 0 amide bonds. The average molecular weight is 343 g/mol. The summed E-state index contributed by atoms with van der Waals surface area (Å²) in [6.45, 7) is 0. The fourth-order valence-electron chi connectivity index (χ4n) is 3.89. The Kier molecular flexibility index (Phi) is 4.32. The lowest BCUT2D eigenvalue weighted by Gasteiger charge is -2.21. The number of hydrogen-bond acceptors (Lipinski definition) is 3. The number of imidazole rings is 1. The molecule has 2 aromatic carbocycles. The summed E-state index contributed by atoms with van der Waals surface area (Å²) in [4.78, 5) is 4.09. The third kappa shape index (κ3) is 2.81. The van der Waals surface area contributed by atoms with Crippen molar-refractivity contribution in [3.63, 3.8) is 0 Å². The SMILES string of the molecule is Cn1cncc1C(O)c1ccc(C#N)c(-c2cccc3c2CCCC3)c1. The number of benzene rings is 2. The fourth-order valence-corrected chi connectivity index (χ4v) is 3.89. The summed E-state index contributed by atoms with van der Waals surface area (Å²) in [6.07, 6.45) is 7.13. The first-order valence-electron chi connectivity index (χ1n) is 8.98. The lowest BCUT2D eigenvalue weighted by molar-refractivity contribution is 0.211. The molecular weight excluding hydrogens is 322 g/mol. The van der Waals surface area contributed by atoms with Crippen molar-refractivity contribution in [2.24, 2.45) is 7.05 Å². The molecular formula is C22H21N3O. The van der Waals surface area contributed by atoms with Crippen molar-refractivity contribution in [1.29, 1.82) is 5.26 Å². The maximum atomic E-state index is 10.8. The fraction of sp³-hybridized carbons (Fsp3) is 0.273. The molecule has 4 rings (SSSR count). The van der Waals surface area contributed by atoms with Crippen LogP contribution in [0.1, 0.15) is 46.9 Å². The molecule has 0 saturated heterocycles. The zero-order valence-electron chi connectivity index (χ0n) is 14.8. The number of nitriles is 1. The van der Waals surface area contributed by atoms with Gasteiger partial charge in [0.2, 0.25) is 0 Å². The minimum Gasteiger partial charge on any atom is -0.382 e. The van der Waals surface area contributed by atoms with E-state index in [1.54, 1.807) is 12.5 Å². The molecule has 26 heavy (non-hydrogen) atoms. The molecule has 1 aromatic heterocycles. The monoisotopic (exact) mass is 343 g/mol. The predicted octanol–water partition coefficient (Wildman–Crippen LogP) is 3.92. The van der Waals surface area contributed by atoms with Gasteiger partial charge in [-0.15, -0.1) is 0 Å². The van der Waals surface area contributed by atoms with Crippen LogP contribution in [0.4, 0.5) is 0 Å². The van der Waals surface area contributed by atoms with Gasteiger partial charge in [-0.3, -0.25) is 0 Å². The summed E-state index contributed by atoms with van der Waals surface area (Å²) in [5.74, 6) is 0. The van der Waals surface area contributed by atoms with Gasteiger partial charge in [0, 0.05) is 12.6 Å². The number of aromatic nitrogens is 2. The van der Waals surface area contributed by atoms with E-state index in [-0.39, 0.29) is 0 Å². The van der Waals surface area contributed by atoms with Crippen molar-refractivity contribution >= 4 is 0 Å². The maximum Gasteiger partial charge on any atom is 0.121 e. The molecule has 1 aliphatic rings. The highest BCUT2D eigenvalue weighted by Crippen LogP contribution is 2.35. The van der Waals surface area contributed by atoms with Crippen molar-refractivity contribution in [3.8, 4) is 17.2 Å². The molecule has 4 heteroatoms. The molecule has 1 aliphatic carbocycles. The minimum atomic E-state index is -0.770. The molecule has 1 heterocycles. The Morgan fingerprint density at radius 1 is 1.15 bits per heavy atom. The van der Waals surface area contributed by atoms with Crippen LogP contribution in [-0.2, 0) is 19.9 Å². The smallest absolute Gasteiger partial charge is 0.121 e. The summed E-state index contributed by atoms with van der Waals surface area (Å²) in [7, 11) is 1.86. The van der Waals surface area contributed by atoms with E-state index in [1.807, 2.05) is 29.8 Å². The highest BCUT2D eigenvalue weighted by Gasteiger charge is 2.19. The number of aliphatic hydroxyl groups excluding tert-OH is 1.